The van der Waals surface area contributed by atoms with Gasteiger partial charge in [-0.1, -0.05) is 0 Å². The Balaban J connectivity index is 1.65. The summed E-state index contributed by atoms with van der Waals surface area (Å²) < 4.78 is 0. The molecule has 1 unspecified atom stereocenters. The van der Waals surface area contributed by atoms with Crippen LogP contribution in [0.25, 0.3) is 10.9 Å². The lowest BCUT2D eigenvalue weighted by atomic mass is 9.84. The molecule has 3 fully saturated rings. The second-order valence-corrected chi connectivity index (χ2v) is 5.89. The van der Waals surface area contributed by atoms with E-state index < -0.39 is 0 Å². The van der Waals surface area contributed by atoms with E-state index in [0.29, 0.717) is 6.04 Å². The molecule has 104 valence electrons. The fourth-order valence-electron chi connectivity index (χ4n) is 3.49. The molecule has 5 nitrogen and oxygen atoms in total. The van der Waals surface area contributed by atoms with Gasteiger partial charge in [-0.25, -0.2) is 9.97 Å². The van der Waals surface area contributed by atoms with Crippen LogP contribution in [0.15, 0.2) is 24.5 Å². The molecule has 1 aromatic carbocycles. The highest BCUT2D eigenvalue weighted by Gasteiger charge is 2.34. The molecule has 3 aliphatic heterocycles. The second kappa shape index (κ2) is 4.59. The number of nitrogens with zero attached hydrogens (tertiary/aromatic N) is 3. The van der Waals surface area contributed by atoms with Crippen LogP contribution in [-0.2, 0) is 0 Å². The summed E-state index contributed by atoms with van der Waals surface area (Å²) in [5, 5.41) is 4.69. The van der Waals surface area contributed by atoms with Crippen LogP contribution in [0.1, 0.15) is 12.8 Å². The first kappa shape index (κ1) is 11.9. The molecule has 0 amide bonds. The van der Waals surface area contributed by atoms with E-state index in [-0.39, 0.29) is 0 Å². The Morgan fingerprint density at radius 2 is 2.05 bits per heavy atom. The predicted octanol–water partition coefficient (Wildman–Crippen LogP) is 1.72. The molecule has 3 saturated heterocycles. The molecule has 4 heterocycles. The Morgan fingerprint density at radius 1 is 1.20 bits per heavy atom. The first-order valence-electron chi connectivity index (χ1n) is 7.29. The minimum atomic E-state index is 0.508. The first-order chi connectivity index (χ1) is 9.79. The third-order valence-corrected chi connectivity index (χ3v) is 4.64. The van der Waals surface area contributed by atoms with Gasteiger partial charge in [0.25, 0.3) is 0 Å². The fraction of sp³-hybridized carbons (Fsp3) is 0.467. The Morgan fingerprint density at radius 3 is 2.80 bits per heavy atom. The zero-order chi connectivity index (χ0) is 13.5. The number of hydrogen-bond acceptors (Lipinski definition) is 5. The van der Waals surface area contributed by atoms with Gasteiger partial charge in [0.2, 0.25) is 0 Å². The average molecular weight is 269 g/mol. The Bertz CT molecular complexity index is 633. The van der Waals surface area contributed by atoms with Crippen LogP contribution >= 0.6 is 0 Å². The summed E-state index contributed by atoms with van der Waals surface area (Å²) in [7, 11) is 0. The number of hydrogen-bond donors (Lipinski definition) is 2. The van der Waals surface area contributed by atoms with Crippen LogP contribution in [0.2, 0.25) is 0 Å². The number of benzene rings is 1. The third-order valence-electron chi connectivity index (χ3n) is 4.64. The quantitative estimate of drug-likeness (QED) is 0.813. The Hall–Kier alpha value is -1.88. The minimum Gasteiger partial charge on any atom is -0.399 e. The van der Waals surface area contributed by atoms with Crippen LogP contribution in [-0.4, -0.2) is 40.5 Å². The van der Waals surface area contributed by atoms with E-state index in [9.17, 15) is 0 Å². The molecule has 0 saturated carbocycles. The van der Waals surface area contributed by atoms with Crippen LogP contribution < -0.4 is 11.1 Å². The summed E-state index contributed by atoms with van der Waals surface area (Å²) in [6.07, 6.45) is 4.22. The van der Waals surface area contributed by atoms with Crippen molar-refractivity contribution in [3.8, 4) is 0 Å². The maximum Gasteiger partial charge on any atom is 0.137 e. The summed E-state index contributed by atoms with van der Waals surface area (Å²) in [5.74, 6) is 1.72. The van der Waals surface area contributed by atoms with Crippen molar-refractivity contribution in [2.45, 2.75) is 18.9 Å². The Labute approximate surface area is 118 Å². The monoisotopic (exact) mass is 269 g/mol. The zero-order valence-electron chi connectivity index (χ0n) is 11.4. The molecule has 1 aromatic heterocycles. The smallest absolute Gasteiger partial charge is 0.137 e. The molecule has 2 aromatic rings. The van der Waals surface area contributed by atoms with Crippen LogP contribution in [0.4, 0.5) is 11.5 Å². The minimum absolute atomic E-state index is 0.508. The Kier molecular flexibility index (Phi) is 2.73. The number of aromatic nitrogens is 2. The van der Waals surface area contributed by atoms with Crippen molar-refractivity contribution in [2.75, 3.05) is 30.7 Å². The summed E-state index contributed by atoms with van der Waals surface area (Å²) in [6, 6.07) is 6.33. The lowest BCUT2D eigenvalue weighted by Crippen LogP contribution is -2.53. The van der Waals surface area contributed by atoms with E-state index in [4.69, 9.17) is 5.73 Å². The topological polar surface area (TPSA) is 67.1 Å². The molecule has 5 rings (SSSR count). The SMILES string of the molecule is Nc1ccc2c(NC3CN4CCC3CC4)ncnc2c1. The van der Waals surface area contributed by atoms with E-state index in [0.717, 1.165) is 34.9 Å². The summed E-state index contributed by atoms with van der Waals surface area (Å²) in [4.78, 5) is 11.3. The summed E-state index contributed by atoms with van der Waals surface area (Å²) in [6.45, 7) is 3.64. The highest BCUT2D eigenvalue weighted by molar-refractivity contribution is 5.90. The molecule has 5 heteroatoms. The number of anilines is 2. The lowest BCUT2D eigenvalue weighted by Gasteiger charge is -2.45. The number of nitrogens with two attached hydrogens (primary N) is 1. The maximum absolute atomic E-state index is 5.82. The van der Waals surface area contributed by atoms with E-state index in [2.05, 4.69) is 20.2 Å². The van der Waals surface area contributed by atoms with Crippen molar-refractivity contribution in [3.05, 3.63) is 24.5 Å². The van der Waals surface area contributed by atoms with Crippen molar-refractivity contribution in [1.82, 2.24) is 14.9 Å². The third kappa shape index (κ3) is 1.98. The van der Waals surface area contributed by atoms with Crippen molar-refractivity contribution in [3.63, 3.8) is 0 Å². The van der Waals surface area contributed by atoms with Gasteiger partial charge in [-0.2, -0.15) is 0 Å². The molecule has 0 aliphatic carbocycles. The first-order valence-corrected chi connectivity index (χ1v) is 7.29. The van der Waals surface area contributed by atoms with Crippen molar-refractivity contribution >= 4 is 22.4 Å². The molecule has 1 atom stereocenters. The van der Waals surface area contributed by atoms with Crippen molar-refractivity contribution < 1.29 is 0 Å². The highest BCUT2D eigenvalue weighted by atomic mass is 15.2. The van der Waals surface area contributed by atoms with Gasteiger partial charge in [0.1, 0.15) is 12.1 Å². The predicted molar refractivity (Wildman–Crippen MR) is 80.5 cm³/mol. The van der Waals surface area contributed by atoms with E-state index in [1.807, 2.05) is 18.2 Å². The standard InChI is InChI=1S/C15H19N5/c16-11-1-2-12-13(7-11)17-9-18-15(12)19-14-8-20-5-3-10(14)4-6-20/h1-2,7,9-10,14H,3-6,8,16H2,(H,17,18,19). The fourth-order valence-corrected chi connectivity index (χ4v) is 3.49. The van der Waals surface area contributed by atoms with Crippen LogP contribution in [0, 0.1) is 5.92 Å². The maximum atomic E-state index is 5.82. The van der Waals surface area contributed by atoms with E-state index in [1.165, 1.54) is 25.9 Å². The van der Waals surface area contributed by atoms with Gasteiger partial charge < -0.3 is 16.0 Å². The number of nitrogens with one attached hydrogen (secondary N) is 1. The average Bonchev–Trinajstić information content (AvgIpc) is 2.48. The number of rotatable bonds is 2. The molecular weight excluding hydrogens is 250 g/mol. The molecule has 2 bridgehead atoms. The summed E-state index contributed by atoms with van der Waals surface area (Å²) >= 11 is 0. The molecule has 20 heavy (non-hydrogen) atoms. The van der Waals surface area contributed by atoms with E-state index in [1.54, 1.807) is 6.33 Å². The van der Waals surface area contributed by atoms with Gasteiger partial charge in [-0.05, 0) is 50.0 Å². The van der Waals surface area contributed by atoms with Crippen LogP contribution in [0.3, 0.4) is 0 Å². The molecular formula is C15H19N5. The number of piperidine rings is 3. The van der Waals surface area contributed by atoms with Crippen molar-refractivity contribution in [1.29, 1.82) is 0 Å². The molecule has 0 radical (unpaired) electrons. The van der Waals surface area contributed by atoms with Gasteiger partial charge >= 0.3 is 0 Å². The molecule has 3 aliphatic rings. The summed E-state index contributed by atoms with van der Waals surface area (Å²) in [5.41, 5.74) is 7.47. The van der Waals surface area contributed by atoms with Gasteiger partial charge in [0.05, 0.1) is 5.52 Å². The van der Waals surface area contributed by atoms with Gasteiger partial charge in [-0.15, -0.1) is 0 Å². The highest BCUT2D eigenvalue weighted by Crippen LogP contribution is 2.31. The zero-order valence-corrected chi connectivity index (χ0v) is 11.4. The molecule has 0 spiro atoms. The largest absolute Gasteiger partial charge is 0.399 e. The normalized spacial score (nSPS) is 28.7. The second-order valence-electron chi connectivity index (χ2n) is 5.89. The van der Waals surface area contributed by atoms with Crippen molar-refractivity contribution in [2.24, 2.45) is 5.92 Å². The molecule has 3 N–H and O–H groups in total. The van der Waals surface area contributed by atoms with Gasteiger partial charge in [-0.3, -0.25) is 0 Å². The van der Waals surface area contributed by atoms with E-state index >= 15 is 0 Å². The number of fused-ring (bicyclic) bond motifs is 4. The van der Waals surface area contributed by atoms with Crippen LogP contribution in [0.5, 0.6) is 0 Å². The van der Waals surface area contributed by atoms with Gasteiger partial charge in [0, 0.05) is 23.7 Å². The van der Waals surface area contributed by atoms with Gasteiger partial charge in [0.15, 0.2) is 0 Å². The lowest BCUT2D eigenvalue weighted by molar-refractivity contribution is 0.0974. The number of nitrogen functional groups attached to an aromatic ring is 1.